The van der Waals surface area contributed by atoms with Gasteiger partial charge < -0.3 is 9.72 Å². The fraction of sp³-hybridized carbons (Fsp3) is 0.391. The van der Waals surface area contributed by atoms with Crippen LogP contribution < -0.4 is 5.32 Å². The number of nitrogens with one attached hydrogen (secondary N) is 1. The number of carbonyl (C=O) groups excluding carboxylic acids is 1. The molecular formula is C23H27N3O. The van der Waals surface area contributed by atoms with Gasteiger partial charge >= 0.3 is 0 Å². The van der Waals surface area contributed by atoms with Gasteiger partial charge in [0.25, 0.3) is 0 Å². The summed E-state index contributed by atoms with van der Waals surface area (Å²) in [5, 5.41) is 3.11. The Morgan fingerprint density at radius 1 is 1.22 bits per heavy atom. The van der Waals surface area contributed by atoms with Gasteiger partial charge in [0, 0.05) is 25.6 Å². The lowest BCUT2D eigenvalue weighted by Crippen LogP contribution is -2.27. The van der Waals surface area contributed by atoms with Gasteiger partial charge in [-0.15, -0.1) is 0 Å². The monoisotopic (exact) mass is 361 g/mol. The van der Waals surface area contributed by atoms with E-state index >= 15 is 0 Å². The van der Waals surface area contributed by atoms with Crippen molar-refractivity contribution in [2.24, 2.45) is 5.92 Å². The van der Waals surface area contributed by atoms with E-state index in [-0.39, 0.29) is 5.91 Å². The molecule has 1 aromatic carbocycles. The highest BCUT2D eigenvalue weighted by molar-refractivity contribution is 5.77. The number of aromatic nitrogens is 2. The Kier molecular flexibility index (Phi) is 5.23. The Balaban J connectivity index is 1.27. The number of hydrogen-bond acceptors (Lipinski definition) is 2. The van der Waals surface area contributed by atoms with Crippen LogP contribution in [-0.2, 0) is 11.2 Å². The quantitative estimate of drug-likeness (QED) is 0.609. The summed E-state index contributed by atoms with van der Waals surface area (Å²) < 4.78 is 2.11. The molecule has 1 aliphatic carbocycles. The lowest BCUT2D eigenvalue weighted by Gasteiger charge is -2.17. The zero-order valence-electron chi connectivity index (χ0n) is 15.9. The van der Waals surface area contributed by atoms with E-state index in [1.807, 2.05) is 24.5 Å². The highest BCUT2D eigenvalue weighted by atomic mass is 16.1. The molecule has 1 fully saturated rings. The summed E-state index contributed by atoms with van der Waals surface area (Å²) in [6.45, 7) is 2.80. The van der Waals surface area contributed by atoms with Crippen molar-refractivity contribution in [2.45, 2.75) is 44.9 Å². The van der Waals surface area contributed by atoms with Gasteiger partial charge in [0.1, 0.15) is 5.82 Å². The first-order valence-electron chi connectivity index (χ1n) is 9.95. The highest BCUT2D eigenvalue weighted by Gasteiger charge is 2.33. The fourth-order valence-electron chi connectivity index (χ4n) is 3.80. The maximum Gasteiger partial charge on any atom is 0.220 e. The topological polar surface area (TPSA) is 46.4 Å². The third kappa shape index (κ3) is 4.38. The van der Waals surface area contributed by atoms with E-state index in [1.54, 1.807) is 0 Å². The van der Waals surface area contributed by atoms with Gasteiger partial charge in [0.15, 0.2) is 0 Å². The van der Waals surface area contributed by atoms with Crippen molar-refractivity contribution in [2.75, 3.05) is 6.54 Å². The summed E-state index contributed by atoms with van der Waals surface area (Å²) in [5.74, 6) is 2.26. The minimum Gasteiger partial charge on any atom is -0.356 e. The molecule has 4 heteroatoms. The molecule has 1 saturated carbocycles. The highest BCUT2D eigenvalue weighted by Crippen LogP contribution is 2.44. The predicted molar refractivity (Wildman–Crippen MR) is 108 cm³/mol. The van der Waals surface area contributed by atoms with Crippen molar-refractivity contribution in [3.63, 3.8) is 0 Å². The second-order valence-electron chi connectivity index (χ2n) is 7.68. The maximum atomic E-state index is 12.5. The standard InChI is InChI=1S/C23H27N3O/c1-17-7-9-18(10-8-17)21(19-11-12-19)15-23(27)24-13-4-6-22-25-16-20-5-2-3-14-26(20)22/h2-3,5,7-10,14,16,19,21H,4,6,11-13,15H2,1H3,(H,24,27). The number of pyridine rings is 1. The van der Waals surface area contributed by atoms with Crippen LogP contribution in [0, 0.1) is 12.8 Å². The number of imidazole rings is 1. The molecule has 3 aromatic rings. The second-order valence-corrected chi connectivity index (χ2v) is 7.68. The molecule has 0 spiro atoms. The number of hydrogen-bond donors (Lipinski definition) is 1. The Morgan fingerprint density at radius 2 is 2.04 bits per heavy atom. The van der Waals surface area contributed by atoms with E-state index in [4.69, 9.17) is 0 Å². The Bertz CT molecular complexity index is 909. The van der Waals surface area contributed by atoms with Crippen molar-refractivity contribution in [3.05, 3.63) is 71.8 Å². The molecule has 27 heavy (non-hydrogen) atoms. The van der Waals surface area contributed by atoms with E-state index in [0.717, 1.165) is 24.2 Å². The summed E-state index contributed by atoms with van der Waals surface area (Å²) in [6, 6.07) is 14.8. The molecular weight excluding hydrogens is 334 g/mol. The molecule has 0 saturated heterocycles. The van der Waals surface area contributed by atoms with Gasteiger partial charge in [0.05, 0.1) is 11.7 Å². The number of nitrogens with zero attached hydrogens (tertiary/aromatic N) is 2. The molecule has 4 rings (SSSR count). The van der Waals surface area contributed by atoms with Crippen molar-refractivity contribution >= 4 is 11.4 Å². The summed E-state index contributed by atoms with van der Waals surface area (Å²) in [5.41, 5.74) is 3.69. The molecule has 2 aromatic heterocycles. The minimum atomic E-state index is 0.167. The lowest BCUT2D eigenvalue weighted by molar-refractivity contribution is -0.121. The average Bonchev–Trinajstić information content (AvgIpc) is 3.45. The van der Waals surface area contributed by atoms with Gasteiger partial charge in [-0.25, -0.2) is 4.98 Å². The van der Waals surface area contributed by atoms with Crippen LogP contribution in [-0.4, -0.2) is 21.8 Å². The summed E-state index contributed by atoms with van der Waals surface area (Å²) in [7, 11) is 0. The number of rotatable bonds is 8. The number of amides is 1. The number of benzene rings is 1. The van der Waals surface area contributed by atoms with Crippen LogP contribution in [0.25, 0.3) is 5.52 Å². The van der Waals surface area contributed by atoms with Crippen LogP contribution in [0.4, 0.5) is 0 Å². The third-order valence-electron chi connectivity index (χ3n) is 5.52. The number of fused-ring (bicyclic) bond motifs is 1. The van der Waals surface area contributed by atoms with Gasteiger partial charge in [-0.3, -0.25) is 4.79 Å². The Morgan fingerprint density at radius 3 is 2.81 bits per heavy atom. The van der Waals surface area contributed by atoms with E-state index < -0.39 is 0 Å². The predicted octanol–water partition coefficient (Wildman–Crippen LogP) is 4.28. The average molecular weight is 361 g/mol. The first kappa shape index (κ1) is 17.8. The number of aryl methyl sites for hydroxylation is 2. The normalized spacial score (nSPS) is 15.0. The van der Waals surface area contributed by atoms with E-state index in [9.17, 15) is 4.79 Å². The lowest BCUT2D eigenvalue weighted by atomic mass is 9.90. The van der Waals surface area contributed by atoms with E-state index in [1.165, 1.54) is 24.0 Å². The largest absolute Gasteiger partial charge is 0.356 e. The third-order valence-corrected chi connectivity index (χ3v) is 5.52. The van der Waals surface area contributed by atoms with E-state index in [2.05, 4.69) is 52.0 Å². The molecule has 1 atom stereocenters. The molecule has 0 radical (unpaired) electrons. The molecule has 1 unspecified atom stereocenters. The minimum absolute atomic E-state index is 0.167. The fourth-order valence-corrected chi connectivity index (χ4v) is 3.80. The van der Waals surface area contributed by atoms with Gasteiger partial charge in [0.2, 0.25) is 5.91 Å². The van der Waals surface area contributed by atoms with Crippen molar-refractivity contribution in [3.8, 4) is 0 Å². The first-order valence-corrected chi connectivity index (χ1v) is 9.95. The second kappa shape index (κ2) is 7.95. The molecule has 0 bridgehead atoms. The zero-order valence-corrected chi connectivity index (χ0v) is 15.9. The number of carbonyl (C=O) groups is 1. The van der Waals surface area contributed by atoms with Gasteiger partial charge in [-0.2, -0.15) is 0 Å². The molecule has 1 aliphatic rings. The van der Waals surface area contributed by atoms with Crippen LogP contribution in [0.5, 0.6) is 0 Å². The molecule has 2 heterocycles. The van der Waals surface area contributed by atoms with Gasteiger partial charge in [-0.05, 0) is 55.7 Å². The summed E-state index contributed by atoms with van der Waals surface area (Å²) >= 11 is 0. The van der Waals surface area contributed by atoms with Crippen molar-refractivity contribution < 1.29 is 4.79 Å². The summed E-state index contributed by atoms with van der Waals surface area (Å²) in [4.78, 5) is 17.0. The molecule has 1 N–H and O–H groups in total. The molecule has 140 valence electrons. The Hall–Kier alpha value is -2.62. The van der Waals surface area contributed by atoms with E-state index in [0.29, 0.717) is 24.8 Å². The maximum absolute atomic E-state index is 12.5. The van der Waals surface area contributed by atoms with Crippen LogP contribution in [0.15, 0.2) is 54.9 Å². The smallest absolute Gasteiger partial charge is 0.220 e. The molecule has 1 amide bonds. The van der Waals surface area contributed by atoms with Crippen molar-refractivity contribution in [1.29, 1.82) is 0 Å². The van der Waals surface area contributed by atoms with Crippen LogP contribution in [0.1, 0.15) is 48.6 Å². The molecule has 0 aliphatic heterocycles. The zero-order chi connectivity index (χ0) is 18.6. The van der Waals surface area contributed by atoms with Crippen LogP contribution in [0.2, 0.25) is 0 Å². The SMILES string of the molecule is Cc1ccc(C(CC(=O)NCCCc2ncc3ccccn23)C2CC2)cc1. The van der Waals surface area contributed by atoms with Crippen molar-refractivity contribution in [1.82, 2.24) is 14.7 Å². The van der Waals surface area contributed by atoms with Crippen LogP contribution >= 0.6 is 0 Å². The molecule has 4 nitrogen and oxygen atoms in total. The van der Waals surface area contributed by atoms with Gasteiger partial charge in [-0.1, -0.05) is 35.9 Å². The summed E-state index contributed by atoms with van der Waals surface area (Å²) in [6.07, 6.45) is 8.80. The first-order chi connectivity index (χ1) is 13.2. The Labute approximate surface area is 160 Å². The van der Waals surface area contributed by atoms with Crippen LogP contribution in [0.3, 0.4) is 0 Å².